The van der Waals surface area contributed by atoms with Crippen LogP contribution in [0.3, 0.4) is 0 Å². The first-order valence-electron chi connectivity index (χ1n) is 7.89. The number of rotatable bonds is 5. The highest BCUT2D eigenvalue weighted by Gasteiger charge is 2.27. The molecule has 132 valence electrons. The average molecular weight is 344 g/mol. The Hall–Kier alpha value is -2.96. The summed E-state index contributed by atoms with van der Waals surface area (Å²) in [7, 11) is 4.58. The van der Waals surface area contributed by atoms with Crippen molar-refractivity contribution in [3.8, 4) is 17.2 Å². The summed E-state index contributed by atoms with van der Waals surface area (Å²) in [6.07, 6.45) is 2.99. The predicted octanol–water partition coefficient (Wildman–Crippen LogP) is 1.82. The number of aryl methyl sites for hydroxylation is 1. The van der Waals surface area contributed by atoms with Gasteiger partial charge in [0.05, 0.1) is 27.4 Å². The average Bonchev–Trinajstić information content (AvgIpc) is 3.02. The lowest BCUT2D eigenvalue weighted by atomic mass is 10.1. The molecule has 1 aromatic heterocycles. The summed E-state index contributed by atoms with van der Waals surface area (Å²) in [6, 6.07) is 4.92. The zero-order valence-corrected chi connectivity index (χ0v) is 14.3. The van der Waals surface area contributed by atoms with E-state index in [-0.39, 0.29) is 28.8 Å². The van der Waals surface area contributed by atoms with Crippen molar-refractivity contribution in [3.05, 3.63) is 51.4 Å². The number of methoxy groups -OCH3 is 3. The van der Waals surface area contributed by atoms with Gasteiger partial charge >= 0.3 is 0 Å². The van der Waals surface area contributed by atoms with Gasteiger partial charge in [-0.15, -0.1) is 0 Å². The number of hydrogen-bond donors (Lipinski definition) is 2. The molecule has 1 aliphatic carbocycles. The molecule has 0 saturated heterocycles. The van der Waals surface area contributed by atoms with Crippen LogP contribution in [0.1, 0.15) is 34.1 Å². The summed E-state index contributed by atoms with van der Waals surface area (Å²) < 4.78 is 15.6. The predicted molar refractivity (Wildman–Crippen MR) is 91.7 cm³/mol. The van der Waals surface area contributed by atoms with Crippen LogP contribution < -0.4 is 25.0 Å². The van der Waals surface area contributed by atoms with E-state index in [9.17, 15) is 9.59 Å². The van der Waals surface area contributed by atoms with Crippen LogP contribution in [0.25, 0.3) is 0 Å². The highest BCUT2D eigenvalue weighted by Crippen LogP contribution is 2.39. The third-order valence-electron chi connectivity index (χ3n) is 4.37. The fraction of sp³-hybridized carbons (Fsp3) is 0.333. The number of hydrogen-bond acceptors (Lipinski definition) is 5. The minimum atomic E-state index is -0.343. The van der Waals surface area contributed by atoms with Crippen LogP contribution in [-0.4, -0.2) is 32.2 Å². The summed E-state index contributed by atoms with van der Waals surface area (Å²) in [5.74, 6) is 1.12. The highest BCUT2D eigenvalue weighted by molar-refractivity contribution is 5.92. The van der Waals surface area contributed by atoms with E-state index in [0.29, 0.717) is 11.5 Å². The minimum Gasteiger partial charge on any atom is -0.493 e. The maximum atomic E-state index is 12.5. The summed E-state index contributed by atoms with van der Waals surface area (Å²) in [4.78, 5) is 27.1. The van der Waals surface area contributed by atoms with Crippen molar-refractivity contribution < 1.29 is 19.0 Å². The smallest absolute Gasteiger partial charge is 0.268 e. The highest BCUT2D eigenvalue weighted by atomic mass is 16.5. The third kappa shape index (κ3) is 3.17. The second-order valence-corrected chi connectivity index (χ2v) is 5.75. The van der Waals surface area contributed by atoms with E-state index in [4.69, 9.17) is 14.2 Å². The molecule has 1 heterocycles. The second kappa shape index (κ2) is 6.88. The molecule has 1 atom stereocenters. The molecule has 0 aliphatic heterocycles. The van der Waals surface area contributed by atoms with E-state index in [0.717, 1.165) is 24.0 Å². The Morgan fingerprint density at radius 1 is 1.08 bits per heavy atom. The number of benzene rings is 1. The third-order valence-corrected chi connectivity index (χ3v) is 4.37. The fourth-order valence-electron chi connectivity index (χ4n) is 3.07. The Kier molecular flexibility index (Phi) is 4.65. The van der Waals surface area contributed by atoms with Gasteiger partial charge in [0.2, 0.25) is 5.43 Å². The van der Waals surface area contributed by atoms with Crippen LogP contribution in [0.4, 0.5) is 0 Å². The molecule has 7 nitrogen and oxygen atoms in total. The van der Waals surface area contributed by atoms with E-state index >= 15 is 0 Å². The number of ether oxygens (including phenoxy) is 3. The van der Waals surface area contributed by atoms with Gasteiger partial charge in [0, 0.05) is 12.3 Å². The largest absolute Gasteiger partial charge is 0.493 e. The lowest BCUT2D eigenvalue weighted by Gasteiger charge is -2.16. The van der Waals surface area contributed by atoms with Crippen molar-refractivity contribution in [2.45, 2.75) is 18.9 Å². The van der Waals surface area contributed by atoms with Gasteiger partial charge in [0.25, 0.3) is 5.91 Å². The van der Waals surface area contributed by atoms with Crippen molar-refractivity contribution in [2.24, 2.45) is 0 Å². The monoisotopic (exact) mass is 344 g/mol. The lowest BCUT2D eigenvalue weighted by Crippen LogP contribution is -2.28. The number of aromatic amines is 1. The molecule has 1 aliphatic rings. The van der Waals surface area contributed by atoms with Crippen LogP contribution in [0.15, 0.2) is 29.2 Å². The lowest BCUT2D eigenvalue weighted by molar-refractivity contribution is 0.0931. The maximum Gasteiger partial charge on any atom is 0.268 e. The van der Waals surface area contributed by atoms with Crippen LogP contribution in [0, 0.1) is 0 Å². The van der Waals surface area contributed by atoms with E-state index in [1.54, 1.807) is 14.2 Å². The zero-order valence-electron chi connectivity index (χ0n) is 14.3. The van der Waals surface area contributed by atoms with E-state index < -0.39 is 0 Å². The molecule has 0 radical (unpaired) electrons. The number of pyridine rings is 1. The molecule has 3 rings (SSSR count). The Balaban J connectivity index is 1.83. The van der Waals surface area contributed by atoms with E-state index in [1.165, 1.54) is 19.4 Å². The molecule has 7 heteroatoms. The van der Waals surface area contributed by atoms with Crippen LogP contribution >= 0.6 is 0 Å². The summed E-state index contributed by atoms with van der Waals surface area (Å²) >= 11 is 0. The molecule has 1 amide bonds. The van der Waals surface area contributed by atoms with Crippen LogP contribution in [-0.2, 0) is 6.42 Å². The maximum absolute atomic E-state index is 12.5. The summed E-state index contributed by atoms with van der Waals surface area (Å²) in [6.45, 7) is 0. The van der Waals surface area contributed by atoms with Crippen molar-refractivity contribution in [1.29, 1.82) is 0 Å². The summed E-state index contributed by atoms with van der Waals surface area (Å²) in [5.41, 5.74) is 1.97. The summed E-state index contributed by atoms with van der Waals surface area (Å²) in [5, 5.41) is 2.96. The van der Waals surface area contributed by atoms with Gasteiger partial charge in [-0.05, 0) is 36.1 Å². The molecule has 0 unspecified atom stereocenters. The number of amides is 1. The quantitative estimate of drug-likeness (QED) is 0.863. The Bertz CT molecular complexity index is 859. The first kappa shape index (κ1) is 16.9. The van der Waals surface area contributed by atoms with Crippen molar-refractivity contribution in [3.63, 3.8) is 0 Å². The van der Waals surface area contributed by atoms with Crippen LogP contribution in [0.2, 0.25) is 0 Å². The van der Waals surface area contributed by atoms with Gasteiger partial charge in [-0.3, -0.25) is 9.59 Å². The van der Waals surface area contributed by atoms with E-state index in [1.807, 2.05) is 12.1 Å². The van der Waals surface area contributed by atoms with E-state index in [2.05, 4.69) is 10.3 Å². The molecule has 0 saturated carbocycles. The molecule has 0 spiro atoms. The molecule has 0 bridgehead atoms. The van der Waals surface area contributed by atoms with Gasteiger partial charge in [-0.1, -0.05) is 0 Å². The number of H-pyrrole nitrogens is 1. The van der Waals surface area contributed by atoms with Gasteiger partial charge in [-0.25, -0.2) is 0 Å². The SMILES string of the molecule is COc1cc2c(cc1OC)[C@H](NC(=O)c1cc(=O)c(OC)c[nH]1)CC2. The Morgan fingerprint density at radius 2 is 1.76 bits per heavy atom. The number of aromatic nitrogens is 1. The number of carbonyl (C=O) groups is 1. The van der Waals surface area contributed by atoms with Gasteiger partial charge in [0.1, 0.15) is 5.69 Å². The number of fused-ring (bicyclic) bond motifs is 1. The Morgan fingerprint density at radius 3 is 2.40 bits per heavy atom. The van der Waals surface area contributed by atoms with Crippen molar-refractivity contribution >= 4 is 5.91 Å². The first-order chi connectivity index (χ1) is 12.1. The minimum absolute atomic E-state index is 0.145. The second-order valence-electron chi connectivity index (χ2n) is 5.75. The first-order valence-corrected chi connectivity index (χ1v) is 7.89. The Labute approximate surface area is 144 Å². The van der Waals surface area contributed by atoms with Crippen molar-refractivity contribution in [1.82, 2.24) is 10.3 Å². The standard InChI is InChI=1S/C18H20N2O5/c1-23-15-6-10-4-5-12(11(10)7-16(15)24-2)20-18(22)13-8-14(21)17(25-3)9-19-13/h6-9,12H,4-5H2,1-3H3,(H,19,21)(H,20,22)/t12-/m1/s1. The van der Waals surface area contributed by atoms with Crippen molar-refractivity contribution in [2.75, 3.05) is 21.3 Å². The fourth-order valence-corrected chi connectivity index (χ4v) is 3.07. The number of carbonyl (C=O) groups excluding carboxylic acids is 1. The van der Waals surface area contributed by atoms with Gasteiger partial charge < -0.3 is 24.5 Å². The molecule has 25 heavy (non-hydrogen) atoms. The molecule has 1 aromatic carbocycles. The number of nitrogens with one attached hydrogen (secondary N) is 2. The normalized spacial score (nSPS) is 15.4. The van der Waals surface area contributed by atoms with Gasteiger partial charge in [0.15, 0.2) is 17.2 Å². The molecule has 2 N–H and O–H groups in total. The molecular formula is C18H20N2O5. The van der Waals surface area contributed by atoms with Gasteiger partial charge in [-0.2, -0.15) is 0 Å². The molecule has 2 aromatic rings. The molecule has 0 fully saturated rings. The topological polar surface area (TPSA) is 89.7 Å². The van der Waals surface area contributed by atoms with Crippen LogP contribution in [0.5, 0.6) is 17.2 Å². The molecular weight excluding hydrogens is 324 g/mol. The zero-order chi connectivity index (χ0) is 18.0.